The van der Waals surface area contributed by atoms with E-state index in [1.165, 1.54) is 13.0 Å². The number of rotatable bonds is 7. The number of hydrogen-bond donors (Lipinski definition) is 1. The third-order valence-electron chi connectivity index (χ3n) is 5.13. The summed E-state index contributed by atoms with van der Waals surface area (Å²) in [5.41, 5.74) is 1.81. The molecule has 0 atom stereocenters. The second-order valence-electron chi connectivity index (χ2n) is 7.63. The summed E-state index contributed by atoms with van der Waals surface area (Å²) in [6.45, 7) is 10.2. The van der Waals surface area contributed by atoms with Crippen LogP contribution >= 0.6 is 0 Å². The maximum Gasteiger partial charge on any atom is 0.572 e. The molecule has 0 bridgehead atoms. The number of hydrogen-bond acceptors (Lipinski definition) is 5. The first kappa shape index (κ1) is 25.7. The van der Waals surface area contributed by atoms with Gasteiger partial charge in [-0.25, -0.2) is 9.50 Å². The summed E-state index contributed by atoms with van der Waals surface area (Å²) in [5.74, 6) is 1.07. The van der Waals surface area contributed by atoms with Gasteiger partial charge in [0.2, 0.25) is 0 Å². The summed E-state index contributed by atoms with van der Waals surface area (Å²) in [6.07, 6.45) is 3.02. The second kappa shape index (κ2) is 11.9. The lowest BCUT2D eigenvalue weighted by molar-refractivity contribution is -0.305. The number of nitrogens with one attached hydrogen (secondary N) is 1. The molecule has 1 aliphatic heterocycles. The van der Waals surface area contributed by atoms with E-state index in [0.29, 0.717) is 35.1 Å². The van der Waals surface area contributed by atoms with E-state index in [4.69, 9.17) is 0 Å². The lowest BCUT2D eigenvalue weighted by atomic mass is 9.97. The molecule has 178 valence electrons. The summed E-state index contributed by atoms with van der Waals surface area (Å²) in [6, 6.07) is 3.72. The molecule has 2 aromatic heterocycles. The van der Waals surface area contributed by atoms with E-state index in [9.17, 15) is 13.2 Å². The van der Waals surface area contributed by atoms with E-state index in [1.807, 2.05) is 39.0 Å². The Labute approximate surface area is 188 Å². The molecule has 9 heteroatoms. The fourth-order valence-electron chi connectivity index (χ4n) is 3.57. The Balaban J connectivity index is 0.00000176. The van der Waals surface area contributed by atoms with Crippen molar-refractivity contribution in [2.24, 2.45) is 5.92 Å². The maximum atomic E-state index is 12.5. The van der Waals surface area contributed by atoms with E-state index in [1.54, 1.807) is 10.7 Å². The van der Waals surface area contributed by atoms with Crippen LogP contribution in [0.1, 0.15) is 52.7 Å². The first-order valence-corrected chi connectivity index (χ1v) is 11.2. The second-order valence-corrected chi connectivity index (χ2v) is 7.63. The summed E-state index contributed by atoms with van der Waals surface area (Å²) in [7, 11) is 2.14. The van der Waals surface area contributed by atoms with Crippen LogP contribution in [0.15, 0.2) is 36.2 Å². The van der Waals surface area contributed by atoms with Crippen LogP contribution in [0.25, 0.3) is 11.2 Å². The number of halogens is 3. The van der Waals surface area contributed by atoms with Gasteiger partial charge in [0.1, 0.15) is 11.6 Å². The summed E-state index contributed by atoms with van der Waals surface area (Å²) in [5, 5.41) is 8.01. The molecule has 0 aliphatic carbocycles. The molecule has 1 saturated heterocycles. The fraction of sp³-hybridized carbons (Fsp3) is 0.565. The predicted octanol–water partition coefficient (Wildman–Crippen LogP) is 5.74. The molecule has 1 N–H and O–H groups in total. The van der Waals surface area contributed by atoms with Gasteiger partial charge in [-0.15, -0.1) is 18.3 Å². The molecule has 3 heterocycles. The average molecular weight is 454 g/mol. The highest BCUT2D eigenvalue weighted by atomic mass is 19.4. The first-order chi connectivity index (χ1) is 15.2. The zero-order valence-electron chi connectivity index (χ0n) is 19.5. The van der Waals surface area contributed by atoms with Gasteiger partial charge in [0.05, 0.1) is 11.9 Å². The number of piperidine rings is 1. The van der Waals surface area contributed by atoms with Crippen LogP contribution in [-0.2, 0) is 4.74 Å². The average Bonchev–Trinajstić information content (AvgIpc) is 3.16. The normalized spacial score (nSPS) is 16.6. The Kier molecular flexibility index (Phi) is 9.56. The number of allylic oxidation sites excluding steroid dienone is 4. The third-order valence-corrected chi connectivity index (χ3v) is 5.13. The minimum atomic E-state index is -4.72. The topological polar surface area (TPSA) is 54.7 Å². The Bertz CT molecular complexity index is 912. The van der Waals surface area contributed by atoms with Crippen molar-refractivity contribution in [3.8, 4) is 0 Å². The lowest BCUT2D eigenvalue weighted by Crippen LogP contribution is -2.33. The van der Waals surface area contributed by atoms with Crippen molar-refractivity contribution in [2.45, 2.75) is 53.3 Å². The van der Waals surface area contributed by atoms with Gasteiger partial charge in [-0.1, -0.05) is 26.8 Å². The number of imidazole rings is 1. The quantitative estimate of drug-likeness (QED) is 0.428. The van der Waals surface area contributed by atoms with Crippen LogP contribution in [0.2, 0.25) is 0 Å². The SMILES string of the molecule is CC.CC/C=C(\C=C(/C)OC(F)(F)F)c1cnc2ccc(NCC3CCN(C)CC3)nn12. The molecule has 3 rings (SSSR count). The van der Waals surface area contributed by atoms with Crippen LogP contribution in [0.3, 0.4) is 0 Å². The number of nitrogens with zero attached hydrogens (tertiary/aromatic N) is 4. The highest BCUT2D eigenvalue weighted by molar-refractivity contribution is 5.73. The number of fused-ring (bicyclic) bond motifs is 1. The molecule has 0 saturated carbocycles. The van der Waals surface area contributed by atoms with Gasteiger partial charge in [-0.3, -0.25) is 0 Å². The first-order valence-electron chi connectivity index (χ1n) is 11.2. The molecule has 1 fully saturated rings. The number of likely N-dealkylation sites (tertiary alicyclic amines) is 1. The molecule has 0 amide bonds. The molecule has 0 spiro atoms. The van der Waals surface area contributed by atoms with Crippen molar-refractivity contribution in [2.75, 3.05) is 32.0 Å². The van der Waals surface area contributed by atoms with Crippen LogP contribution in [-0.4, -0.2) is 52.5 Å². The molecule has 2 aromatic rings. The highest BCUT2D eigenvalue weighted by Gasteiger charge is 2.31. The molecule has 1 aliphatic rings. The van der Waals surface area contributed by atoms with Crippen molar-refractivity contribution in [3.63, 3.8) is 0 Å². The van der Waals surface area contributed by atoms with Crippen molar-refractivity contribution >= 4 is 17.0 Å². The molecule has 0 aromatic carbocycles. The number of alkyl halides is 3. The Morgan fingerprint density at radius 1 is 1.25 bits per heavy atom. The summed E-state index contributed by atoms with van der Waals surface area (Å²) < 4.78 is 43.2. The number of aromatic nitrogens is 3. The molecular weight excluding hydrogens is 419 g/mol. The van der Waals surface area contributed by atoms with Crippen molar-refractivity contribution in [1.82, 2.24) is 19.5 Å². The van der Waals surface area contributed by atoms with Crippen LogP contribution < -0.4 is 5.32 Å². The van der Waals surface area contributed by atoms with E-state index >= 15 is 0 Å². The number of anilines is 1. The molecule has 0 unspecified atom stereocenters. The highest BCUT2D eigenvalue weighted by Crippen LogP contribution is 2.25. The smallest absolute Gasteiger partial charge is 0.411 e. The maximum absolute atomic E-state index is 12.5. The van der Waals surface area contributed by atoms with Gasteiger partial charge < -0.3 is 15.0 Å². The van der Waals surface area contributed by atoms with Gasteiger partial charge in [0, 0.05) is 12.1 Å². The van der Waals surface area contributed by atoms with Crippen molar-refractivity contribution in [1.29, 1.82) is 0 Å². The van der Waals surface area contributed by atoms with E-state index < -0.39 is 6.36 Å². The Hall–Kier alpha value is -2.55. The zero-order chi connectivity index (χ0) is 23.7. The predicted molar refractivity (Wildman–Crippen MR) is 122 cm³/mol. The molecule has 6 nitrogen and oxygen atoms in total. The largest absolute Gasteiger partial charge is 0.572 e. The standard InChI is InChI=1S/C21H28F3N5O.C2H6/c1-4-5-17(12-15(2)30-21(22,23)24)18-14-26-20-7-6-19(27-29(18)20)25-13-16-8-10-28(3)11-9-16;1-2/h5-7,12,14,16H,4,8-11,13H2,1-3H3,(H,25,27);1-2H3/b15-12+,17-5+;. The minimum Gasteiger partial charge on any atom is -0.411 e. The van der Waals surface area contributed by atoms with Crippen LogP contribution in [0.5, 0.6) is 0 Å². The van der Waals surface area contributed by atoms with E-state index in [0.717, 1.165) is 32.5 Å². The van der Waals surface area contributed by atoms with Gasteiger partial charge in [0.15, 0.2) is 5.65 Å². The van der Waals surface area contributed by atoms with Gasteiger partial charge in [0.25, 0.3) is 0 Å². The minimum absolute atomic E-state index is 0.242. The third kappa shape index (κ3) is 7.55. The Morgan fingerprint density at radius 2 is 1.94 bits per heavy atom. The van der Waals surface area contributed by atoms with Crippen molar-refractivity contribution in [3.05, 3.63) is 41.9 Å². The Morgan fingerprint density at radius 3 is 2.56 bits per heavy atom. The van der Waals surface area contributed by atoms with Gasteiger partial charge in [-0.2, -0.15) is 0 Å². The van der Waals surface area contributed by atoms with Gasteiger partial charge in [-0.05, 0) is 70.5 Å². The summed E-state index contributed by atoms with van der Waals surface area (Å²) in [4.78, 5) is 6.67. The zero-order valence-corrected chi connectivity index (χ0v) is 19.5. The molecule has 32 heavy (non-hydrogen) atoms. The summed E-state index contributed by atoms with van der Waals surface area (Å²) >= 11 is 0. The van der Waals surface area contributed by atoms with E-state index in [-0.39, 0.29) is 5.76 Å². The van der Waals surface area contributed by atoms with Crippen LogP contribution in [0.4, 0.5) is 19.0 Å². The lowest BCUT2D eigenvalue weighted by Gasteiger charge is -2.29. The number of ether oxygens (including phenoxy) is 1. The molecular formula is C23H34F3N5O. The van der Waals surface area contributed by atoms with Crippen molar-refractivity contribution < 1.29 is 17.9 Å². The molecule has 0 radical (unpaired) electrons. The monoisotopic (exact) mass is 453 g/mol. The van der Waals surface area contributed by atoms with E-state index in [2.05, 4.69) is 32.1 Å². The fourth-order valence-corrected chi connectivity index (χ4v) is 3.57. The van der Waals surface area contributed by atoms with Crippen LogP contribution in [0, 0.1) is 5.92 Å². The van der Waals surface area contributed by atoms with Gasteiger partial charge >= 0.3 is 6.36 Å².